The molecule has 0 aliphatic heterocycles. The third kappa shape index (κ3) is 16.7. The maximum absolute atomic E-state index is 11.2. The Hall–Kier alpha value is -3.84. The van der Waals surface area contributed by atoms with E-state index in [1.807, 2.05) is 24.3 Å². The highest BCUT2D eigenvalue weighted by Gasteiger charge is 2.25. The van der Waals surface area contributed by atoms with Crippen molar-refractivity contribution >= 4 is 104 Å². The monoisotopic (exact) mass is 879 g/mol. The Balaban J connectivity index is 0.000000407. The maximum atomic E-state index is 11.2. The highest BCUT2D eigenvalue weighted by atomic mass is 32.3. The molecule has 0 unspecified atom stereocenters. The van der Waals surface area contributed by atoms with Crippen LogP contribution in [0.4, 0.5) is 28.4 Å². The number of thioether (sulfide) groups is 2. The summed E-state index contributed by atoms with van der Waals surface area (Å²) in [6, 6.07) is 15.9. The normalized spacial score (nSPS) is 11.7. The third-order valence-electron chi connectivity index (χ3n) is 5.93. The molecule has 0 aliphatic carbocycles. The number of nitrogens with two attached hydrogens (primary N) is 5. The van der Waals surface area contributed by atoms with E-state index >= 15 is 0 Å². The van der Waals surface area contributed by atoms with Crippen molar-refractivity contribution in [1.29, 1.82) is 0 Å². The summed E-state index contributed by atoms with van der Waals surface area (Å²) in [4.78, 5) is 0.303. The van der Waals surface area contributed by atoms with E-state index in [4.69, 9.17) is 52.0 Å². The molecule has 0 spiro atoms. The number of aliphatic hydroxyl groups excluding tert-OH is 1. The summed E-state index contributed by atoms with van der Waals surface area (Å²) in [5, 5.41) is 16.5. The summed E-state index contributed by atoms with van der Waals surface area (Å²) >= 11 is 2.83. The average molecular weight is 880 g/mol. The number of nitrogen functional groups attached to an aromatic ring is 5. The van der Waals surface area contributed by atoms with Crippen LogP contribution in [0.1, 0.15) is 0 Å². The number of hydrogen-bond acceptors (Lipinski definition) is 19. The number of rotatable bonds is 12. The predicted octanol–water partition coefficient (Wildman–Crippen LogP) is 1.75. The molecule has 0 heterocycles. The lowest BCUT2D eigenvalue weighted by atomic mass is 10.1. The van der Waals surface area contributed by atoms with Crippen molar-refractivity contribution in [2.75, 3.05) is 60.5 Å². The van der Waals surface area contributed by atoms with Gasteiger partial charge in [-0.1, -0.05) is 0 Å². The molecule has 16 N–H and O–H groups in total. The van der Waals surface area contributed by atoms with Crippen LogP contribution < -0.4 is 28.7 Å². The molecule has 0 aliphatic rings. The highest BCUT2D eigenvalue weighted by molar-refractivity contribution is 7.99. The van der Waals surface area contributed by atoms with Crippen LogP contribution in [-0.2, 0) is 49.4 Å². The van der Waals surface area contributed by atoms with Gasteiger partial charge in [0.1, 0.15) is 15.5 Å². The standard InChI is InChI=1S/C10H11N3O7S2.2C8H11NO4S2.CH4O/c11-7-4(21(15,16)17)1-3-2-5(22(18,19)20)8(12)10(14)6(3)9(7)13;2*9-7-1-3-8(4-2-7)14-6-5-13-15(10,11)12;1-2/h1-2,14H,11-13H2,(H,15,16,17)(H,18,19,20);2*1-4H,5-6,9H2,(H,10,11,12);2H,1H3. The number of anilines is 5. The maximum Gasteiger partial charge on any atom is 0.397 e. The second kappa shape index (κ2) is 20.7. The van der Waals surface area contributed by atoms with E-state index in [0.717, 1.165) is 29.0 Å². The van der Waals surface area contributed by atoms with Crippen LogP contribution in [0.15, 0.2) is 80.2 Å². The van der Waals surface area contributed by atoms with Crippen LogP contribution in [-0.4, -0.2) is 93.9 Å². The van der Waals surface area contributed by atoms with Crippen molar-refractivity contribution in [2.45, 2.75) is 19.6 Å². The van der Waals surface area contributed by atoms with Crippen molar-refractivity contribution in [3.05, 3.63) is 60.7 Å². The Morgan fingerprint density at radius 2 is 0.889 bits per heavy atom. The first kappa shape index (κ1) is 48.2. The van der Waals surface area contributed by atoms with Gasteiger partial charge >= 0.3 is 20.8 Å². The molecule has 0 atom stereocenters. The number of phenolic OH excluding ortho intramolecular Hbond substituents is 1. The van der Waals surface area contributed by atoms with E-state index in [-0.39, 0.29) is 24.0 Å². The third-order valence-corrected chi connectivity index (χ3v) is 10.6. The fraction of sp³-hybridized carbons (Fsp3) is 0.185. The van der Waals surface area contributed by atoms with Crippen LogP contribution in [0.25, 0.3) is 10.8 Å². The van der Waals surface area contributed by atoms with Crippen LogP contribution in [0, 0.1) is 0 Å². The van der Waals surface area contributed by atoms with Gasteiger partial charge in [0.15, 0.2) is 0 Å². The fourth-order valence-corrected chi connectivity index (χ4v) is 7.29. The van der Waals surface area contributed by atoms with Gasteiger partial charge in [-0.05, 0) is 66.0 Å². The minimum Gasteiger partial charge on any atom is -0.505 e. The Morgan fingerprint density at radius 3 is 1.20 bits per heavy atom. The molecule has 27 heteroatoms. The molecule has 4 aromatic rings. The van der Waals surface area contributed by atoms with E-state index < -0.39 is 73.6 Å². The molecule has 0 saturated heterocycles. The van der Waals surface area contributed by atoms with E-state index in [1.165, 1.54) is 23.5 Å². The molecule has 302 valence electrons. The number of benzene rings is 4. The van der Waals surface area contributed by atoms with Crippen molar-refractivity contribution in [1.82, 2.24) is 0 Å². The van der Waals surface area contributed by atoms with Gasteiger partial charge in [-0.3, -0.25) is 18.2 Å². The molecule has 0 radical (unpaired) electrons. The Kier molecular flexibility index (Phi) is 18.5. The SMILES string of the molecule is CO.Nc1c(S(=O)(=O)O)cc2cc(S(=O)(=O)O)c(N)c(O)c2c1N.Nc1ccc(SCCOS(=O)(=O)O)cc1.Nc1ccc(SCCOS(=O)(=O)O)cc1. The highest BCUT2D eigenvalue weighted by Crippen LogP contribution is 2.43. The number of phenols is 1. The molecular formula is C27H37N5O16S6. The lowest BCUT2D eigenvalue weighted by molar-refractivity contribution is 0.283. The number of aliphatic hydroxyl groups is 1. The van der Waals surface area contributed by atoms with E-state index in [9.17, 15) is 38.8 Å². The average Bonchev–Trinajstić information content (AvgIpc) is 3.06. The zero-order valence-corrected chi connectivity index (χ0v) is 32.6. The summed E-state index contributed by atoms with van der Waals surface area (Å²) in [6.45, 7) is -0.123. The molecule has 4 rings (SSSR count). The van der Waals surface area contributed by atoms with Crippen LogP contribution in [0.5, 0.6) is 5.75 Å². The van der Waals surface area contributed by atoms with E-state index in [0.29, 0.717) is 22.9 Å². The van der Waals surface area contributed by atoms with Gasteiger partial charge in [0.25, 0.3) is 20.2 Å². The van der Waals surface area contributed by atoms with Crippen molar-refractivity contribution < 1.29 is 70.5 Å². The summed E-state index contributed by atoms with van der Waals surface area (Å²) in [5.41, 5.74) is 27.2. The van der Waals surface area contributed by atoms with Gasteiger partial charge in [-0.25, -0.2) is 8.37 Å². The van der Waals surface area contributed by atoms with Crippen molar-refractivity contribution in [3.63, 3.8) is 0 Å². The van der Waals surface area contributed by atoms with Crippen molar-refractivity contribution in [2.24, 2.45) is 0 Å². The number of aromatic hydroxyl groups is 1. The lowest BCUT2D eigenvalue weighted by Gasteiger charge is -2.14. The first-order valence-corrected chi connectivity index (χ1v) is 21.6. The van der Waals surface area contributed by atoms with E-state index in [1.54, 1.807) is 24.3 Å². The second-order valence-electron chi connectivity index (χ2n) is 9.72. The van der Waals surface area contributed by atoms with E-state index in [2.05, 4.69) is 8.37 Å². The zero-order chi connectivity index (χ0) is 41.7. The zero-order valence-electron chi connectivity index (χ0n) is 27.7. The molecule has 4 aromatic carbocycles. The molecule has 0 saturated carbocycles. The number of fused-ring (bicyclic) bond motifs is 1. The lowest BCUT2D eigenvalue weighted by Crippen LogP contribution is -2.08. The van der Waals surface area contributed by atoms with Crippen LogP contribution in [0.3, 0.4) is 0 Å². The largest absolute Gasteiger partial charge is 0.505 e. The minimum absolute atomic E-state index is 0.0616. The summed E-state index contributed by atoms with van der Waals surface area (Å²) in [7, 11) is -17.2. The van der Waals surface area contributed by atoms with Crippen LogP contribution in [0.2, 0.25) is 0 Å². The Labute approximate surface area is 319 Å². The first-order valence-electron chi connectivity index (χ1n) is 14.0. The fourth-order valence-electron chi connectivity index (χ4n) is 3.72. The summed E-state index contributed by atoms with van der Waals surface area (Å²) in [5.74, 6) is 0.0733. The topological polar surface area (TPSA) is 406 Å². The smallest absolute Gasteiger partial charge is 0.397 e. The Bertz CT molecular complexity index is 2150. The molecule has 54 heavy (non-hydrogen) atoms. The quantitative estimate of drug-likeness (QED) is 0.0317. The van der Waals surface area contributed by atoms with Crippen LogP contribution >= 0.6 is 23.5 Å². The molecular weight excluding hydrogens is 843 g/mol. The number of hydrogen-bond donors (Lipinski definition) is 11. The molecule has 0 amide bonds. The minimum atomic E-state index is -4.79. The Morgan fingerprint density at radius 1 is 0.556 bits per heavy atom. The summed E-state index contributed by atoms with van der Waals surface area (Å²) < 4.78 is 129. The van der Waals surface area contributed by atoms with Gasteiger partial charge in [-0.15, -0.1) is 23.5 Å². The summed E-state index contributed by atoms with van der Waals surface area (Å²) in [6.07, 6.45) is 0. The predicted molar refractivity (Wildman–Crippen MR) is 205 cm³/mol. The van der Waals surface area contributed by atoms with Gasteiger partial charge in [0, 0.05) is 39.8 Å². The van der Waals surface area contributed by atoms with Crippen molar-refractivity contribution in [3.8, 4) is 5.75 Å². The van der Waals surface area contributed by atoms with Gasteiger partial charge in [-0.2, -0.15) is 33.7 Å². The first-order chi connectivity index (χ1) is 24.8. The molecule has 0 aromatic heterocycles. The van der Waals surface area contributed by atoms with Gasteiger partial charge < -0.3 is 38.9 Å². The molecule has 0 fully saturated rings. The van der Waals surface area contributed by atoms with Gasteiger partial charge in [0.2, 0.25) is 0 Å². The second-order valence-corrected chi connectivity index (χ2v) is 17.0. The van der Waals surface area contributed by atoms with Gasteiger partial charge in [0.05, 0.1) is 35.7 Å². The molecule has 0 bridgehead atoms. The molecule has 21 nitrogen and oxygen atoms in total.